The number of nitrogens with one attached hydrogen (secondary N) is 1. The summed E-state index contributed by atoms with van der Waals surface area (Å²) in [6.07, 6.45) is 7.45. The van der Waals surface area contributed by atoms with Gasteiger partial charge in [0.2, 0.25) is 20.0 Å². The monoisotopic (exact) mass is 1820 g/mol. The summed E-state index contributed by atoms with van der Waals surface area (Å²) in [5.74, 6) is -4.03. The Labute approximate surface area is 688 Å². The molecule has 3 aliphatic heterocycles. The van der Waals surface area contributed by atoms with Crippen molar-refractivity contribution < 1.29 is 155 Å². The summed E-state index contributed by atoms with van der Waals surface area (Å²) in [7, 11) is -8.35. The summed E-state index contributed by atoms with van der Waals surface area (Å²) in [5, 5.41) is -2.62. The Bertz CT molecular complexity index is 4010. The maximum absolute atomic E-state index is 14.0. The predicted octanol–water partition coefficient (Wildman–Crippen LogP) is 7.48. The van der Waals surface area contributed by atoms with Gasteiger partial charge in [0.15, 0.2) is 12.8 Å². The van der Waals surface area contributed by atoms with E-state index in [0.717, 1.165) is 64.2 Å². The Balaban J connectivity index is 0.000000270. The number of benzene rings is 5. The third kappa shape index (κ3) is 27.2. The number of anilines is 2. The average molecular weight is 1820 g/mol. The molecule has 5 aromatic carbocycles. The van der Waals surface area contributed by atoms with E-state index in [9.17, 15) is 64.0 Å². The van der Waals surface area contributed by atoms with Gasteiger partial charge < -0.3 is 61.9 Å². The first-order chi connectivity index (χ1) is 50.4. The van der Waals surface area contributed by atoms with E-state index >= 15 is 0 Å². The molecule has 5 aromatic rings. The first-order valence-corrected chi connectivity index (χ1v) is 39.5. The number of alkyl halides is 2. The number of ether oxygens (including phenoxy) is 8. The molecule has 3 saturated heterocycles. The minimum absolute atomic E-state index is 0. The maximum Gasteiger partial charge on any atom is 1.00 e. The summed E-state index contributed by atoms with van der Waals surface area (Å²) in [6.45, 7) is 4.35. The van der Waals surface area contributed by atoms with Crippen molar-refractivity contribution in [2.24, 2.45) is 0 Å². The number of halogens is 7. The third-order valence-corrected chi connectivity index (χ3v) is 21.7. The molecule has 0 saturated carbocycles. The van der Waals surface area contributed by atoms with E-state index in [1.54, 1.807) is 32.1 Å². The van der Waals surface area contributed by atoms with Crippen molar-refractivity contribution >= 4 is 137 Å². The van der Waals surface area contributed by atoms with Gasteiger partial charge in [0.1, 0.15) is 64.7 Å². The van der Waals surface area contributed by atoms with E-state index in [0.29, 0.717) is 70.9 Å². The minimum atomic E-state index is -4.44. The number of nitrogens with zero attached hydrogens (tertiary/aromatic N) is 4. The Morgan fingerprint density at radius 2 is 0.907 bits per heavy atom. The molecule has 0 bridgehead atoms. The van der Waals surface area contributed by atoms with Crippen LogP contribution in [0.15, 0.2) is 151 Å². The van der Waals surface area contributed by atoms with Gasteiger partial charge in [0, 0.05) is 19.6 Å². The normalized spacial score (nSPS) is 17.9. The van der Waals surface area contributed by atoms with Crippen molar-refractivity contribution in [3.63, 3.8) is 0 Å². The van der Waals surface area contributed by atoms with Crippen molar-refractivity contribution in [2.75, 3.05) is 59.3 Å². The number of esters is 5. The van der Waals surface area contributed by atoms with E-state index in [-0.39, 0.29) is 149 Å². The fraction of sp³-hybridized carbons (Fsp3) is 0.417. The van der Waals surface area contributed by atoms with E-state index in [4.69, 9.17) is 72.7 Å². The Morgan fingerprint density at radius 1 is 0.514 bits per heavy atom. The second-order valence-corrected chi connectivity index (χ2v) is 29.3. The van der Waals surface area contributed by atoms with Crippen LogP contribution in [0.5, 0.6) is 0 Å². The molecule has 25 nitrogen and oxygen atoms in total. The molecular weight excluding hydrogens is 1740 g/mol. The maximum atomic E-state index is 14.0. The number of amides is 3. The van der Waals surface area contributed by atoms with Crippen molar-refractivity contribution in [2.45, 2.75) is 139 Å². The standard InChI is InChI=1S/C29H32ClFN2O8S.C15H17ClFNO4S.C14H16ClNO4.C14H16INO4.HI.Na/c1-2-39-27(34)22-11-6-7-13-26(22)42(37,38)33(24-15-14-21(31)17-23(24)30)19-41-29(36)32-16-8-12-25(32)28(35)40-18-20-9-4-3-5-10-20;1-2-22-15(19)11-5-3-4-6-14(11)23(20,21)18-13-8-7-10(17)9-12(13)16;2*15-10-20-14(18)16-8-4-7-12(16)13(17)19-9-11-5-2-1-3-6-11;;/h3-5,9-11,14-15,17,25-26H,2,6-8,12-13,16,18-19H2,1H3;5,7-9,14,18H,2-4,6H2,1H3;2*1-3,5-6,12H,4,7-10H2;1H;/q;;;;;+1/p-1/t25-,26?;;2*12-;;/m0.00../s1. The van der Waals surface area contributed by atoms with Gasteiger partial charge in [-0.05, 0) is 167 Å². The second kappa shape index (κ2) is 46.2. The van der Waals surface area contributed by atoms with Crippen LogP contribution in [0.4, 0.5) is 34.5 Å². The van der Waals surface area contributed by atoms with Gasteiger partial charge in [-0.3, -0.25) is 19.4 Å². The second-order valence-electron chi connectivity index (χ2n) is 23.8. The van der Waals surface area contributed by atoms with Crippen LogP contribution in [0.3, 0.4) is 0 Å². The molecule has 5 aliphatic rings. The number of hydrogen-bond donors (Lipinski definition) is 1. The predicted molar refractivity (Wildman–Crippen MR) is 393 cm³/mol. The van der Waals surface area contributed by atoms with Crippen molar-refractivity contribution in [1.82, 2.24) is 14.7 Å². The van der Waals surface area contributed by atoms with E-state index < -0.39 is 109 Å². The van der Waals surface area contributed by atoms with E-state index in [1.165, 1.54) is 26.8 Å². The fourth-order valence-electron chi connectivity index (χ4n) is 11.7. The van der Waals surface area contributed by atoms with Gasteiger partial charge in [-0.2, -0.15) is 0 Å². The van der Waals surface area contributed by atoms with Gasteiger partial charge in [-0.25, -0.2) is 68.3 Å². The van der Waals surface area contributed by atoms with Crippen molar-refractivity contribution in [1.29, 1.82) is 0 Å². The molecule has 0 radical (unpaired) electrons. The van der Waals surface area contributed by atoms with Crippen LogP contribution in [0.1, 0.15) is 108 Å². The zero-order chi connectivity index (χ0) is 76.1. The molecule has 3 fully saturated rings. The number of carbonyl (C=O) groups excluding carboxylic acids is 8. The molecule has 0 aromatic heterocycles. The van der Waals surface area contributed by atoms with Crippen LogP contribution < -0.4 is 62.6 Å². The largest absolute Gasteiger partial charge is 1.00 e. The van der Waals surface area contributed by atoms with Crippen LogP contribution >= 0.6 is 57.4 Å². The van der Waals surface area contributed by atoms with Crippen LogP contribution in [0, 0.1) is 11.6 Å². The number of rotatable bonds is 23. The summed E-state index contributed by atoms with van der Waals surface area (Å²) in [4.78, 5) is 102. The smallest absolute Gasteiger partial charge is 1.00 e. The fourth-order valence-corrected chi connectivity index (χ4v) is 16.2. The Hall–Kier alpha value is -6.57. The molecule has 3 heterocycles. The summed E-state index contributed by atoms with van der Waals surface area (Å²) in [6, 6.07) is 32.2. The van der Waals surface area contributed by atoms with Gasteiger partial charge in [-0.1, -0.05) is 138 Å². The molecule has 3 amide bonds. The molecule has 5 atom stereocenters. The van der Waals surface area contributed by atoms with Gasteiger partial charge in [0.05, 0.1) is 45.8 Å². The van der Waals surface area contributed by atoms with E-state index in [2.05, 4.69) is 4.72 Å². The van der Waals surface area contributed by atoms with Crippen LogP contribution in [0.2, 0.25) is 10.0 Å². The zero-order valence-electron chi connectivity index (χ0n) is 58.8. The minimum Gasteiger partial charge on any atom is -1.00 e. The van der Waals surface area contributed by atoms with Gasteiger partial charge in [0.25, 0.3) is 0 Å². The summed E-state index contributed by atoms with van der Waals surface area (Å²) < 4.78 is 125. The Kier molecular flexibility index (Phi) is 39.3. The number of sulfonamides is 2. The molecule has 2 unspecified atom stereocenters. The number of allylic oxidation sites excluding steroid dienone is 2. The SMILES string of the molecule is CCOC(=O)C1=CCCCC1S(=O)(=O)N(COC(=O)N1CCC[C@H]1C(=O)OCc1ccccc1)c1ccc(F)cc1Cl.CCOC(=O)C1=CCCCC1S(=O)(=O)Nc1ccc(F)cc1Cl.O=C(OCc1ccccc1)[C@@H]1CCCN1C(=O)OCCl.O=C(OCc1ccccc1)[C@@H]1CCCN1C(=O)OCI.[I-].[Na+]. The first kappa shape index (κ1) is 91.0. The van der Waals surface area contributed by atoms with Gasteiger partial charge in [-0.15, -0.1) is 0 Å². The van der Waals surface area contributed by atoms with Crippen molar-refractivity contribution in [3.8, 4) is 0 Å². The molecule has 1 N–H and O–H groups in total. The summed E-state index contributed by atoms with van der Waals surface area (Å²) >= 11 is 19.4. The molecule has 576 valence electrons. The number of carbonyl (C=O) groups is 8. The Morgan fingerprint density at radius 3 is 1.31 bits per heavy atom. The molecule has 10 rings (SSSR count). The molecule has 0 spiro atoms. The van der Waals surface area contributed by atoms with Crippen LogP contribution in [-0.4, -0.2) is 159 Å². The molecule has 2 aliphatic carbocycles. The topological polar surface area (TPSA) is 304 Å². The summed E-state index contributed by atoms with van der Waals surface area (Å²) in [5.41, 5.74) is 2.66. The van der Waals surface area contributed by atoms with E-state index in [1.807, 2.05) is 101 Å². The van der Waals surface area contributed by atoms with Crippen LogP contribution in [0.25, 0.3) is 0 Å². The average Bonchev–Trinajstić information content (AvgIpc) is 1.30. The molecular formula is C72H81Cl3F2I2N5NaO20S2. The first-order valence-electron chi connectivity index (χ1n) is 33.6. The quantitative estimate of drug-likeness (QED) is 0.0165. The third-order valence-electron chi connectivity index (χ3n) is 16.8. The van der Waals surface area contributed by atoms with Gasteiger partial charge >= 0.3 is 77.7 Å². The zero-order valence-corrected chi connectivity index (χ0v) is 69.1. The van der Waals surface area contributed by atoms with Crippen LogP contribution in [-0.2, 0) is 102 Å². The van der Waals surface area contributed by atoms with Crippen molar-refractivity contribution in [3.05, 3.63) is 189 Å². The number of hydrogen-bond acceptors (Lipinski definition) is 20. The molecule has 35 heteroatoms. The molecule has 107 heavy (non-hydrogen) atoms. The number of likely N-dealkylation sites (tertiary alicyclic amines) is 3.